The van der Waals surface area contributed by atoms with E-state index in [0.29, 0.717) is 5.82 Å². The van der Waals surface area contributed by atoms with Crippen molar-refractivity contribution in [2.24, 2.45) is 0 Å². The van der Waals surface area contributed by atoms with Crippen molar-refractivity contribution in [3.8, 4) is 22.6 Å². The monoisotopic (exact) mass is 276 g/mol. The lowest BCUT2D eigenvalue weighted by molar-refractivity contribution is 1.15. The Kier molecular flexibility index (Phi) is 3.60. The summed E-state index contributed by atoms with van der Waals surface area (Å²) in [6.07, 6.45) is 3.59. The maximum Gasteiger partial charge on any atom is 0.162 e. The number of hydrogen-bond acceptors (Lipinski definition) is 4. The summed E-state index contributed by atoms with van der Waals surface area (Å²) in [7, 11) is 1.86. The van der Waals surface area contributed by atoms with Crippen LogP contribution in [0.3, 0.4) is 0 Å². The van der Waals surface area contributed by atoms with E-state index in [9.17, 15) is 0 Å². The minimum absolute atomic E-state index is 0.709. The highest BCUT2D eigenvalue weighted by atomic mass is 15.0. The van der Waals surface area contributed by atoms with Gasteiger partial charge in [-0.2, -0.15) is 0 Å². The van der Waals surface area contributed by atoms with Gasteiger partial charge in [0.25, 0.3) is 0 Å². The molecule has 0 aliphatic carbocycles. The summed E-state index contributed by atoms with van der Waals surface area (Å²) in [5, 5.41) is 3.10. The summed E-state index contributed by atoms with van der Waals surface area (Å²) in [5.74, 6) is 1.51. The van der Waals surface area contributed by atoms with Crippen LogP contribution in [0, 0.1) is 6.92 Å². The number of aromatic nitrogens is 3. The van der Waals surface area contributed by atoms with Gasteiger partial charge in [0, 0.05) is 36.6 Å². The Morgan fingerprint density at radius 1 is 1.00 bits per heavy atom. The number of pyridine rings is 1. The maximum absolute atomic E-state index is 4.70. The fraction of sp³-hybridized carbons (Fsp3) is 0.118. The van der Waals surface area contributed by atoms with Crippen molar-refractivity contribution in [3.63, 3.8) is 0 Å². The molecule has 21 heavy (non-hydrogen) atoms. The average molecular weight is 276 g/mol. The second-order valence-corrected chi connectivity index (χ2v) is 4.77. The molecule has 2 aromatic heterocycles. The van der Waals surface area contributed by atoms with Gasteiger partial charge in [-0.25, -0.2) is 9.97 Å². The Labute approximate surface area is 123 Å². The molecule has 0 aliphatic heterocycles. The molecule has 0 aliphatic rings. The lowest BCUT2D eigenvalue weighted by Gasteiger charge is -2.09. The van der Waals surface area contributed by atoms with E-state index in [2.05, 4.69) is 15.3 Å². The number of hydrogen-bond donors (Lipinski definition) is 1. The van der Waals surface area contributed by atoms with Gasteiger partial charge in [-0.1, -0.05) is 30.3 Å². The van der Waals surface area contributed by atoms with Gasteiger partial charge in [0.15, 0.2) is 5.82 Å². The summed E-state index contributed by atoms with van der Waals surface area (Å²) in [4.78, 5) is 13.4. The van der Waals surface area contributed by atoms with Crippen molar-refractivity contribution in [3.05, 3.63) is 60.4 Å². The minimum Gasteiger partial charge on any atom is -0.373 e. The molecule has 0 saturated carbocycles. The maximum atomic E-state index is 4.70. The van der Waals surface area contributed by atoms with Crippen LogP contribution in [-0.2, 0) is 0 Å². The first-order valence-electron chi connectivity index (χ1n) is 6.81. The first-order valence-corrected chi connectivity index (χ1v) is 6.81. The molecule has 0 fully saturated rings. The summed E-state index contributed by atoms with van der Waals surface area (Å²) < 4.78 is 0. The first-order chi connectivity index (χ1) is 10.3. The second-order valence-electron chi connectivity index (χ2n) is 4.77. The van der Waals surface area contributed by atoms with Gasteiger partial charge in [-0.15, -0.1) is 0 Å². The number of aryl methyl sites for hydroxylation is 1. The molecule has 1 N–H and O–H groups in total. The van der Waals surface area contributed by atoms with Crippen LogP contribution in [-0.4, -0.2) is 22.0 Å². The summed E-state index contributed by atoms with van der Waals surface area (Å²) in [5.41, 5.74) is 4.04. The van der Waals surface area contributed by atoms with Gasteiger partial charge in [-0.3, -0.25) is 4.98 Å². The number of anilines is 1. The number of nitrogens with zero attached hydrogens (tertiary/aromatic N) is 3. The number of nitrogens with one attached hydrogen (secondary N) is 1. The van der Waals surface area contributed by atoms with Gasteiger partial charge in [0.05, 0.1) is 5.69 Å². The SMILES string of the molecule is CNc1cc(-c2ccccc2)nc(-c2ccncc2C)n1. The Morgan fingerprint density at radius 2 is 1.81 bits per heavy atom. The highest BCUT2D eigenvalue weighted by molar-refractivity contribution is 5.68. The summed E-state index contributed by atoms with van der Waals surface area (Å²) in [6.45, 7) is 2.01. The van der Waals surface area contributed by atoms with Crippen LogP contribution >= 0.6 is 0 Å². The topological polar surface area (TPSA) is 50.7 Å². The Morgan fingerprint density at radius 3 is 2.52 bits per heavy atom. The van der Waals surface area contributed by atoms with E-state index in [1.807, 2.05) is 62.6 Å². The van der Waals surface area contributed by atoms with Crippen LogP contribution in [0.5, 0.6) is 0 Å². The lowest BCUT2D eigenvalue weighted by Crippen LogP contribution is -1.99. The van der Waals surface area contributed by atoms with Crippen molar-refractivity contribution >= 4 is 5.82 Å². The molecule has 4 nitrogen and oxygen atoms in total. The third kappa shape index (κ3) is 2.74. The predicted molar refractivity (Wildman–Crippen MR) is 85.0 cm³/mol. The average Bonchev–Trinajstić information content (AvgIpc) is 2.55. The van der Waals surface area contributed by atoms with Crippen molar-refractivity contribution in [2.75, 3.05) is 12.4 Å². The number of rotatable bonds is 3. The molecule has 0 unspecified atom stereocenters. The fourth-order valence-corrected chi connectivity index (χ4v) is 2.18. The molecule has 0 saturated heterocycles. The van der Waals surface area contributed by atoms with Crippen molar-refractivity contribution in [2.45, 2.75) is 6.92 Å². The van der Waals surface area contributed by atoms with Crippen LogP contribution in [0.25, 0.3) is 22.6 Å². The molecular weight excluding hydrogens is 260 g/mol. The molecule has 0 spiro atoms. The van der Waals surface area contributed by atoms with Crippen LogP contribution in [0.15, 0.2) is 54.9 Å². The number of benzene rings is 1. The molecule has 0 atom stereocenters. The van der Waals surface area contributed by atoms with Crippen molar-refractivity contribution in [1.29, 1.82) is 0 Å². The van der Waals surface area contributed by atoms with Gasteiger partial charge < -0.3 is 5.32 Å². The van der Waals surface area contributed by atoms with E-state index in [1.54, 1.807) is 6.20 Å². The Balaban J connectivity index is 2.17. The van der Waals surface area contributed by atoms with E-state index < -0.39 is 0 Å². The minimum atomic E-state index is 0.709. The van der Waals surface area contributed by atoms with E-state index in [4.69, 9.17) is 4.98 Å². The molecule has 4 heteroatoms. The van der Waals surface area contributed by atoms with Gasteiger partial charge >= 0.3 is 0 Å². The summed E-state index contributed by atoms with van der Waals surface area (Å²) in [6, 6.07) is 14.0. The molecular formula is C17H16N4. The lowest BCUT2D eigenvalue weighted by atomic mass is 10.1. The first kappa shape index (κ1) is 13.2. The van der Waals surface area contributed by atoms with Crippen LogP contribution in [0.1, 0.15) is 5.56 Å². The van der Waals surface area contributed by atoms with Crippen molar-refractivity contribution in [1.82, 2.24) is 15.0 Å². The zero-order valence-electron chi connectivity index (χ0n) is 12.0. The molecule has 2 heterocycles. The normalized spacial score (nSPS) is 10.4. The molecule has 1 aromatic carbocycles. The van der Waals surface area contributed by atoms with Gasteiger partial charge in [0.2, 0.25) is 0 Å². The zero-order chi connectivity index (χ0) is 14.7. The highest BCUT2D eigenvalue weighted by Gasteiger charge is 2.09. The largest absolute Gasteiger partial charge is 0.373 e. The summed E-state index contributed by atoms with van der Waals surface area (Å²) >= 11 is 0. The molecule has 3 rings (SSSR count). The van der Waals surface area contributed by atoms with Crippen LogP contribution in [0.4, 0.5) is 5.82 Å². The van der Waals surface area contributed by atoms with Crippen LogP contribution in [0.2, 0.25) is 0 Å². The molecule has 0 bridgehead atoms. The smallest absolute Gasteiger partial charge is 0.162 e. The second kappa shape index (κ2) is 5.71. The molecule has 0 radical (unpaired) electrons. The predicted octanol–water partition coefficient (Wildman–Crippen LogP) is 3.56. The van der Waals surface area contributed by atoms with E-state index in [1.165, 1.54) is 0 Å². The van der Waals surface area contributed by atoms with E-state index in [-0.39, 0.29) is 0 Å². The zero-order valence-corrected chi connectivity index (χ0v) is 12.0. The van der Waals surface area contributed by atoms with Crippen molar-refractivity contribution < 1.29 is 0 Å². The standard InChI is InChI=1S/C17H16N4/c1-12-11-19-9-8-14(12)17-20-15(10-16(18-2)21-17)13-6-4-3-5-7-13/h3-11H,1-2H3,(H,18,20,21). The molecule has 104 valence electrons. The highest BCUT2D eigenvalue weighted by Crippen LogP contribution is 2.25. The van der Waals surface area contributed by atoms with Gasteiger partial charge in [0.1, 0.15) is 5.82 Å². The quantitative estimate of drug-likeness (QED) is 0.794. The van der Waals surface area contributed by atoms with Crippen LogP contribution < -0.4 is 5.32 Å². The van der Waals surface area contributed by atoms with Gasteiger partial charge in [-0.05, 0) is 18.6 Å². The molecule has 3 aromatic rings. The van der Waals surface area contributed by atoms with E-state index in [0.717, 1.165) is 28.2 Å². The fourth-order valence-electron chi connectivity index (χ4n) is 2.18. The Bertz CT molecular complexity index is 754. The Hall–Kier alpha value is -2.75. The third-order valence-corrected chi connectivity index (χ3v) is 3.31. The molecule has 0 amide bonds. The third-order valence-electron chi connectivity index (χ3n) is 3.31. The van der Waals surface area contributed by atoms with E-state index >= 15 is 0 Å².